The molecule has 0 unspecified atom stereocenters. The Morgan fingerprint density at radius 3 is 2.25 bits per heavy atom. The van der Waals surface area contributed by atoms with Crippen LogP contribution in [0.4, 0.5) is 5.82 Å². The highest BCUT2D eigenvalue weighted by atomic mass is 35.5. The molecule has 3 nitrogen and oxygen atoms in total. The van der Waals surface area contributed by atoms with E-state index in [-0.39, 0.29) is 0 Å². The van der Waals surface area contributed by atoms with Gasteiger partial charge in [-0.3, -0.25) is 0 Å². The van der Waals surface area contributed by atoms with Crippen LogP contribution in [0.25, 0.3) is 0 Å². The van der Waals surface area contributed by atoms with Crippen LogP contribution in [0, 0.1) is 6.92 Å². The maximum absolute atomic E-state index is 6.13. The minimum Gasteiger partial charge on any atom is -0.357 e. The first-order chi connectivity index (χ1) is 7.63. The molecule has 0 atom stereocenters. The van der Waals surface area contributed by atoms with E-state index in [1.54, 1.807) is 0 Å². The van der Waals surface area contributed by atoms with E-state index in [9.17, 15) is 0 Å². The second-order valence-corrected chi connectivity index (χ2v) is 4.16. The Morgan fingerprint density at radius 1 is 1.12 bits per heavy atom. The Labute approximate surface area is 103 Å². The van der Waals surface area contributed by atoms with Gasteiger partial charge in [-0.15, -0.1) is 0 Å². The van der Waals surface area contributed by atoms with Crippen LogP contribution in [-0.2, 0) is 6.42 Å². The molecule has 0 aliphatic rings. The van der Waals surface area contributed by atoms with E-state index in [1.807, 2.05) is 6.92 Å². The molecule has 0 aromatic carbocycles. The molecule has 0 fully saturated rings. The van der Waals surface area contributed by atoms with Crippen molar-refractivity contribution in [2.24, 2.45) is 0 Å². The molecule has 1 rings (SSSR count). The van der Waals surface area contributed by atoms with Crippen LogP contribution in [0.1, 0.15) is 38.6 Å². The molecule has 0 aliphatic heterocycles. The van der Waals surface area contributed by atoms with Crippen LogP contribution in [0.3, 0.4) is 0 Å². The highest BCUT2D eigenvalue weighted by Crippen LogP contribution is 2.23. The van der Waals surface area contributed by atoms with Crippen molar-refractivity contribution in [1.29, 1.82) is 0 Å². The van der Waals surface area contributed by atoms with Crippen LogP contribution in [0.5, 0.6) is 0 Å². The summed E-state index contributed by atoms with van der Waals surface area (Å²) in [5, 5.41) is 0.584. The van der Waals surface area contributed by atoms with E-state index < -0.39 is 0 Å². The number of aromatic nitrogens is 2. The molecule has 1 aromatic rings. The van der Waals surface area contributed by atoms with Crippen LogP contribution < -0.4 is 4.90 Å². The molecule has 0 saturated carbocycles. The van der Waals surface area contributed by atoms with Gasteiger partial charge in [-0.25, -0.2) is 9.97 Å². The van der Waals surface area contributed by atoms with Gasteiger partial charge >= 0.3 is 0 Å². The number of aryl methyl sites for hydroxylation is 1. The Hall–Kier alpha value is -0.830. The standard InChI is InChI=1S/C12H20ClN3/c1-5-8-10-14-11(13)9(4)12(15-10)16(6-2)7-3/h5-8H2,1-4H3. The molecule has 90 valence electrons. The highest BCUT2D eigenvalue weighted by molar-refractivity contribution is 6.30. The third kappa shape index (κ3) is 2.85. The fourth-order valence-electron chi connectivity index (χ4n) is 1.69. The molecule has 0 amide bonds. The first-order valence-corrected chi connectivity index (χ1v) is 6.29. The molecule has 4 heteroatoms. The smallest absolute Gasteiger partial charge is 0.137 e. The maximum atomic E-state index is 6.13. The number of anilines is 1. The number of halogens is 1. The minimum absolute atomic E-state index is 0.584. The Kier molecular flexibility index (Phi) is 5.00. The third-order valence-corrected chi connectivity index (χ3v) is 3.01. The van der Waals surface area contributed by atoms with Gasteiger partial charge in [-0.1, -0.05) is 18.5 Å². The topological polar surface area (TPSA) is 29.0 Å². The van der Waals surface area contributed by atoms with Crippen LogP contribution >= 0.6 is 11.6 Å². The lowest BCUT2D eigenvalue weighted by molar-refractivity contribution is 0.790. The summed E-state index contributed by atoms with van der Waals surface area (Å²) in [6, 6.07) is 0. The SMILES string of the molecule is CCCc1nc(Cl)c(C)c(N(CC)CC)n1. The quantitative estimate of drug-likeness (QED) is 0.742. The van der Waals surface area contributed by atoms with Gasteiger partial charge in [0.05, 0.1) is 0 Å². The molecule has 16 heavy (non-hydrogen) atoms. The molecular weight excluding hydrogens is 222 g/mol. The van der Waals surface area contributed by atoms with Gasteiger partial charge in [0.2, 0.25) is 0 Å². The van der Waals surface area contributed by atoms with Crippen molar-refractivity contribution in [1.82, 2.24) is 9.97 Å². The number of nitrogens with zero attached hydrogens (tertiary/aromatic N) is 3. The van der Waals surface area contributed by atoms with Crippen molar-refractivity contribution < 1.29 is 0 Å². The van der Waals surface area contributed by atoms with Gasteiger partial charge in [-0.2, -0.15) is 0 Å². The molecule has 1 heterocycles. The highest BCUT2D eigenvalue weighted by Gasteiger charge is 2.13. The number of hydrogen-bond acceptors (Lipinski definition) is 3. The first-order valence-electron chi connectivity index (χ1n) is 5.91. The van der Waals surface area contributed by atoms with E-state index >= 15 is 0 Å². The lowest BCUT2D eigenvalue weighted by atomic mass is 10.2. The van der Waals surface area contributed by atoms with Gasteiger partial charge in [0.25, 0.3) is 0 Å². The Morgan fingerprint density at radius 2 is 1.75 bits per heavy atom. The lowest BCUT2D eigenvalue weighted by Gasteiger charge is -2.22. The summed E-state index contributed by atoms with van der Waals surface area (Å²) in [4.78, 5) is 11.1. The molecule has 0 spiro atoms. The number of rotatable bonds is 5. The zero-order valence-corrected chi connectivity index (χ0v) is 11.3. The molecule has 1 aromatic heterocycles. The Bertz CT molecular complexity index is 348. The fraction of sp³-hybridized carbons (Fsp3) is 0.667. The molecule has 0 N–H and O–H groups in total. The van der Waals surface area contributed by atoms with Gasteiger partial charge in [-0.05, 0) is 27.2 Å². The predicted octanol–water partition coefficient (Wildman–Crippen LogP) is 3.24. The summed E-state index contributed by atoms with van der Waals surface area (Å²) in [5.74, 6) is 1.83. The Balaban J connectivity index is 3.14. The van der Waals surface area contributed by atoms with Crippen molar-refractivity contribution in [2.75, 3.05) is 18.0 Å². The molecule has 0 bridgehead atoms. The predicted molar refractivity (Wildman–Crippen MR) is 69.3 cm³/mol. The van der Waals surface area contributed by atoms with E-state index in [4.69, 9.17) is 11.6 Å². The van der Waals surface area contributed by atoms with Gasteiger partial charge in [0, 0.05) is 25.1 Å². The van der Waals surface area contributed by atoms with Crippen molar-refractivity contribution in [3.63, 3.8) is 0 Å². The van der Waals surface area contributed by atoms with Crippen molar-refractivity contribution >= 4 is 17.4 Å². The second kappa shape index (κ2) is 6.04. The normalized spacial score (nSPS) is 10.6. The van der Waals surface area contributed by atoms with Crippen LogP contribution in [-0.4, -0.2) is 23.1 Å². The monoisotopic (exact) mass is 241 g/mol. The summed E-state index contributed by atoms with van der Waals surface area (Å²) >= 11 is 6.13. The van der Waals surface area contributed by atoms with Crippen LogP contribution in [0.2, 0.25) is 5.15 Å². The molecule has 0 aliphatic carbocycles. The van der Waals surface area contributed by atoms with Crippen molar-refractivity contribution in [3.05, 3.63) is 16.5 Å². The van der Waals surface area contributed by atoms with E-state index in [1.165, 1.54) is 0 Å². The van der Waals surface area contributed by atoms with E-state index in [0.29, 0.717) is 5.15 Å². The van der Waals surface area contributed by atoms with Gasteiger partial charge in [0.15, 0.2) is 0 Å². The third-order valence-electron chi connectivity index (χ3n) is 2.64. The fourth-order valence-corrected chi connectivity index (χ4v) is 1.87. The van der Waals surface area contributed by atoms with E-state index in [2.05, 4.69) is 35.6 Å². The molecular formula is C12H20ClN3. The van der Waals surface area contributed by atoms with E-state index in [0.717, 1.165) is 43.1 Å². The first kappa shape index (κ1) is 13.2. The van der Waals surface area contributed by atoms with Crippen molar-refractivity contribution in [3.8, 4) is 0 Å². The maximum Gasteiger partial charge on any atom is 0.137 e. The molecule has 0 radical (unpaired) electrons. The van der Waals surface area contributed by atoms with Crippen molar-refractivity contribution in [2.45, 2.75) is 40.5 Å². The zero-order valence-electron chi connectivity index (χ0n) is 10.5. The van der Waals surface area contributed by atoms with Gasteiger partial charge < -0.3 is 4.90 Å². The average molecular weight is 242 g/mol. The summed E-state index contributed by atoms with van der Waals surface area (Å²) in [6.45, 7) is 10.2. The zero-order chi connectivity index (χ0) is 12.1. The number of hydrogen-bond donors (Lipinski definition) is 0. The summed E-state index contributed by atoms with van der Waals surface area (Å²) in [6.07, 6.45) is 1.92. The summed E-state index contributed by atoms with van der Waals surface area (Å²) in [7, 11) is 0. The largest absolute Gasteiger partial charge is 0.357 e. The second-order valence-electron chi connectivity index (χ2n) is 3.80. The minimum atomic E-state index is 0.584. The average Bonchev–Trinajstić information content (AvgIpc) is 2.27. The van der Waals surface area contributed by atoms with Crippen LogP contribution in [0.15, 0.2) is 0 Å². The summed E-state index contributed by atoms with van der Waals surface area (Å²) in [5.41, 5.74) is 0.977. The molecule has 0 saturated heterocycles. The van der Waals surface area contributed by atoms with Gasteiger partial charge in [0.1, 0.15) is 16.8 Å². The summed E-state index contributed by atoms with van der Waals surface area (Å²) < 4.78 is 0. The lowest BCUT2D eigenvalue weighted by Crippen LogP contribution is -2.24.